The first kappa shape index (κ1) is 14.5. The molecule has 6 heteroatoms. The lowest BCUT2D eigenvalue weighted by Gasteiger charge is -2.16. The molecule has 0 spiro atoms. The molecule has 0 saturated carbocycles. The molecule has 0 radical (unpaired) electrons. The van der Waals surface area contributed by atoms with Crippen LogP contribution in [0.3, 0.4) is 0 Å². The molecule has 1 aliphatic heterocycles. The van der Waals surface area contributed by atoms with Crippen LogP contribution in [0.15, 0.2) is 24.3 Å². The van der Waals surface area contributed by atoms with E-state index < -0.39 is 5.91 Å². The molecule has 1 aromatic carbocycles. The second-order valence-corrected chi connectivity index (χ2v) is 4.97. The number of para-hydroxylation sites is 1. The average Bonchev–Trinajstić information content (AvgIpc) is 2.86. The van der Waals surface area contributed by atoms with E-state index in [1.807, 2.05) is 7.05 Å². The molecule has 20 heavy (non-hydrogen) atoms. The minimum absolute atomic E-state index is 0.129. The molecule has 2 amide bonds. The van der Waals surface area contributed by atoms with E-state index in [0.717, 1.165) is 19.5 Å². The van der Waals surface area contributed by atoms with E-state index in [4.69, 9.17) is 5.73 Å². The van der Waals surface area contributed by atoms with Crippen LogP contribution in [0.4, 0.5) is 5.69 Å². The number of carbonyl (C=O) groups is 2. The van der Waals surface area contributed by atoms with Crippen molar-refractivity contribution in [2.24, 2.45) is 5.73 Å². The van der Waals surface area contributed by atoms with E-state index in [1.54, 1.807) is 24.3 Å². The summed E-state index contributed by atoms with van der Waals surface area (Å²) in [6, 6.07) is 7.20. The average molecular weight is 276 g/mol. The summed E-state index contributed by atoms with van der Waals surface area (Å²) in [6.07, 6.45) is 1.04. The molecule has 1 unspecified atom stereocenters. The van der Waals surface area contributed by atoms with E-state index in [0.29, 0.717) is 23.8 Å². The lowest BCUT2D eigenvalue weighted by atomic mass is 10.1. The lowest BCUT2D eigenvalue weighted by Crippen LogP contribution is -2.35. The molecule has 1 atom stereocenters. The van der Waals surface area contributed by atoms with Crippen LogP contribution in [0.25, 0.3) is 0 Å². The van der Waals surface area contributed by atoms with Gasteiger partial charge in [-0.25, -0.2) is 0 Å². The molecule has 0 aromatic heterocycles. The summed E-state index contributed by atoms with van der Waals surface area (Å²) in [5.41, 5.74) is 6.08. The Morgan fingerprint density at radius 2 is 2.15 bits per heavy atom. The third-order valence-electron chi connectivity index (χ3n) is 3.51. The highest BCUT2D eigenvalue weighted by Gasteiger charge is 2.22. The van der Waals surface area contributed by atoms with Crippen molar-refractivity contribution in [1.82, 2.24) is 10.2 Å². The van der Waals surface area contributed by atoms with Gasteiger partial charge in [0.15, 0.2) is 0 Å². The van der Waals surface area contributed by atoms with E-state index in [-0.39, 0.29) is 5.91 Å². The van der Waals surface area contributed by atoms with Gasteiger partial charge < -0.3 is 16.4 Å². The Hall–Kier alpha value is -1.92. The minimum atomic E-state index is -0.544. The maximum atomic E-state index is 12.0. The summed E-state index contributed by atoms with van der Waals surface area (Å²) in [7, 11) is 1.93. The Kier molecular flexibility index (Phi) is 4.70. The summed E-state index contributed by atoms with van der Waals surface area (Å²) in [6.45, 7) is 2.09. The number of hydrogen-bond acceptors (Lipinski definition) is 4. The predicted molar refractivity (Wildman–Crippen MR) is 77.5 cm³/mol. The summed E-state index contributed by atoms with van der Waals surface area (Å²) in [5, 5.41) is 5.96. The highest BCUT2D eigenvalue weighted by molar-refractivity contribution is 6.03. The fourth-order valence-electron chi connectivity index (χ4n) is 2.41. The highest BCUT2D eigenvalue weighted by Crippen LogP contribution is 2.15. The van der Waals surface area contributed by atoms with Gasteiger partial charge in [0.1, 0.15) is 0 Å². The number of benzene rings is 1. The van der Waals surface area contributed by atoms with Crippen LogP contribution >= 0.6 is 0 Å². The largest absolute Gasteiger partial charge is 0.366 e. The van der Waals surface area contributed by atoms with Gasteiger partial charge >= 0.3 is 0 Å². The van der Waals surface area contributed by atoms with Crippen molar-refractivity contribution in [1.29, 1.82) is 0 Å². The highest BCUT2D eigenvalue weighted by atomic mass is 16.2. The van der Waals surface area contributed by atoms with E-state index >= 15 is 0 Å². The quantitative estimate of drug-likeness (QED) is 0.707. The monoisotopic (exact) mass is 276 g/mol. The van der Waals surface area contributed by atoms with Gasteiger partial charge in [0.2, 0.25) is 5.91 Å². The Bertz CT molecular complexity index is 504. The topological polar surface area (TPSA) is 87.5 Å². The number of nitrogens with one attached hydrogen (secondary N) is 2. The fourth-order valence-corrected chi connectivity index (χ4v) is 2.41. The fraction of sp³-hybridized carbons (Fsp3) is 0.429. The number of carbonyl (C=O) groups excluding carboxylic acids is 2. The minimum Gasteiger partial charge on any atom is -0.366 e. The first-order valence-corrected chi connectivity index (χ1v) is 6.68. The first-order chi connectivity index (χ1) is 9.60. The molecule has 0 aliphatic carbocycles. The molecule has 4 N–H and O–H groups in total. The molecule has 0 bridgehead atoms. The molecular formula is C14H20N4O2. The zero-order chi connectivity index (χ0) is 14.5. The van der Waals surface area contributed by atoms with Crippen LogP contribution in [0, 0.1) is 0 Å². The Labute approximate surface area is 118 Å². The van der Waals surface area contributed by atoms with Gasteiger partial charge in [-0.15, -0.1) is 0 Å². The number of nitrogens with zero attached hydrogens (tertiary/aromatic N) is 1. The van der Waals surface area contributed by atoms with Crippen LogP contribution in [-0.4, -0.2) is 49.4 Å². The summed E-state index contributed by atoms with van der Waals surface area (Å²) in [5.74, 6) is -0.673. The van der Waals surface area contributed by atoms with Crippen LogP contribution < -0.4 is 16.4 Å². The molecule has 108 valence electrons. The van der Waals surface area contributed by atoms with Crippen molar-refractivity contribution in [3.05, 3.63) is 29.8 Å². The van der Waals surface area contributed by atoms with Crippen molar-refractivity contribution in [2.45, 2.75) is 12.5 Å². The second kappa shape index (κ2) is 6.49. The molecule has 2 rings (SSSR count). The summed E-state index contributed by atoms with van der Waals surface area (Å²) < 4.78 is 0. The van der Waals surface area contributed by atoms with Crippen LogP contribution in [0.5, 0.6) is 0 Å². The standard InChI is InChI=1S/C14H20N4O2/c1-16-10-6-7-18(8-10)9-13(19)17-12-5-3-2-4-11(12)14(15)20/h2-5,10,16H,6-9H2,1H3,(H2,15,20)(H,17,19). The molecule has 1 aliphatic rings. The van der Waals surface area contributed by atoms with Gasteiger partial charge in [-0.2, -0.15) is 0 Å². The summed E-state index contributed by atoms with van der Waals surface area (Å²) in [4.78, 5) is 25.4. The molecular weight excluding hydrogens is 256 g/mol. The third-order valence-corrected chi connectivity index (χ3v) is 3.51. The van der Waals surface area contributed by atoms with Gasteiger partial charge in [-0.3, -0.25) is 14.5 Å². The van der Waals surface area contributed by atoms with Crippen molar-refractivity contribution in [2.75, 3.05) is 32.0 Å². The second-order valence-electron chi connectivity index (χ2n) is 4.97. The molecule has 1 fully saturated rings. The zero-order valence-electron chi connectivity index (χ0n) is 11.6. The maximum Gasteiger partial charge on any atom is 0.250 e. The zero-order valence-corrected chi connectivity index (χ0v) is 11.6. The number of amides is 2. The van der Waals surface area contributed by atoms with E-state index in [2.05, 4.69) is 15.5 Å². The predicted octanol–water partition coefficient (Wildman–Crippen LogP) is 0.0177. The molecule has 1 heterocycles. The normalized spacial score (nSPS) is 18.9. The van der Waals surface area contributed by atoms with Gasteiger partial charge in [0.05, 0.1) is 17.8 Å². The van der Waals surface area contributed by atoms with Crippen LogP contribution in [0.1, 0.15) is 16.8 Å². The van der Waals surface area contributed by atoms with Gasteiger partial charge in [0.25, 0.3) is 5.91 Å². The molecule has 1 aromatic rings. The number of likely N-dealkylation sites (N-methyl/N-ethyl adjacent to an activating group) is 1. The Balaban J connectivity index is 1.94. The number of rotatable bonds is 5. The number of anilines is 1. The third kappa shape index (κ3) is 3.55. The van der Waals surface area contributed by atoms with Gasteiger partial charge in [-0.1, -0.05) is 12.1 Å². The number of nitrogens with two attached hydrogens (primary N) is 1. The van der Waals surface area contributed by atoms with Crippen molar-refractivity contribution >= 4 is 17.5 Å². The SMILES string of the molecule is CNC1CCN(CC(=O)Nc2ccccc2C(N)=O)C1. The van der Waals surface area contributed by atoms with Crippen molar-refractivity contribution in [3.8, 4) is 0 Å². The van der Waals surface area contributed by atoms with E-state index in [9.17, 15) is 9.59 Å². The van der Waals surface area contributed by atoms with Gasteiger partial charge in [-0.05, 0) is 25.6 Å². The Morgan fingerprint density at radius 1 is 1.40 bits per heavy atom. The van der Waals surface area contributed by atoms with Crippen molar-refractivity contribution in [3.63, 3.8) is 0 Å². The van der Waals surface area contributed by atoms with Crippen LogP contribution in [-0.2, 0) is 4.79 Å². The summed E-state index contributed by atoms with van der Waals surface area (Å²) >= 11 is 0. The maximum absolute atomic E-state index is 12.0. The van der Waals surface area contributed by atoms with Crippen molar-refractivity contribution < 1.29 is 9.59 Å². The smallest absolute Gasteiger partial charge is 0.250 e. The molecule has 6 nitrogen and oxygen atoms in total. The van der Waals surface area contributed by atoms with E-state index in [1.165, 1.54) is 0 Å². The van der Waals surface area contributed by atoms with Gasteiger partial charge in [0, 0.05) is 19.1 Å². The lowest BCUT2D eigenvalue weighted by molar-refractivity contribution is -0.117. The van der Waals surface area contributed by atoms with Crippen LogP contribution in [0.2, 0.25) is 0 Å². The number of hydrogen-bond donors (Lipinski definition) is 3. The molecule has 1 saturated heterocycles. The Morgan fingerprint density at radius 3 is 2.80 bits per heavy atom. The first-order valence-electron chi connectivity index (χ1n) is 6.68. The number of likely N-dealkylation sites (tertiary alicyclic amines) is 1. The number of primary amides is 1.